The van der Waals surface area contributed by atoms with Crippen LogP contribution in [0.3, 0.4) is 0 Å². The Bertz CT molecular complexity index is 1020. The van der Waals surface area contributed by atoms with Crippen molar-refractivity contribution in [1.29, 1.82) is 0 Å². The Balaban J connectivity index is 1.40. The molecule has 0 saturated heterocycles. The fourth-order valence-electron chi connectivity index (χ4n) is 9.05. The lowest BCUT2D eigenvalue weighted by Gasteiger charge is -2.58. The fraction of sp³-hybridized carbons (Fsp3) is 0.700. The van der Waals surface area contributed by atoms with Crippen LogP contribution in [0.4, 0.5) is 0 Å². The Morgan fingerprint density at radius 1 is 0.971 bits per heavy atom. The van der Waals surface area contributed by atoms with Crippen LogP contribution < -0.4 is 0 Å². The van der Waals surface area contributed by atoms with Gasteiger partial charge in [-0.25, -0.2) is 0 Å². The van der Waals surface area contributed by atoms with Gasteiger partial charge in [0.2, 0.25) is 0 Å². The van der Waals surface area contributed by atoms with E-state index in [4.69, 9.17) is 9.47 Å². The largest absolute Gasteiger partial charge is 0.468 e. The van der Waals surface area contributed by atoms with Gasteiger partial charge in [0.1, 0.15) is 0 Å². The molecular weight excluding hydrogens is 440 g/mol. The van der Waals surface area contributed by atoms with Crippen molar-refractivity contribution in [3.8, 4) is 0 Å². The molecule has 5 heteroatoms. The number of carbonyl (C=O) groups excluding carboxylic acids is 3. The Kier molecular flexibility index (Phi) is 5.92. The highest BCUT2D eigenvalue weighted by Gasteiger charge is 2.59. The van der Waals surface area contributed by atoms with Crippen LogP contribution in [0.1, 0.15) is 78.1 Å². The number of carbonyl (C=O) groups is 3. The second-order valence-corrected chi connectivity index (χ2v) is 12.4. The Labute approximate surface area is 209 Å². The number of esters is 2. The summed E-state index contributed by atoms with van der Waals surface area (Å²) in [5.74, 6) is 1.74. The number of ether oxygens (including phenoxy) is 2. The normalized spacial score (nSPS) is 41.0. The number of methoxy groups -OCH3 is 2. The fourth-order valence-corrected chi connectivity index (χ4v) is 9.05. The number of hydrogen-bond donors (Lipinski definition) is 0. The summed E-state index contributed by atoms with van der Waals surface area (Å²) in [7, 11) is 2.65. The van der Waals surface area contributed by atoms with Crippen LogP contribution in [0.5, 0.6) is 0 Å². The monoisotopic (exact) mass is 480 g/mol. The van der Waals surface area contributed by atoms with E-state index in [9.17, 15) is 14.4 Å². The first-order chi connectivity index (χ1) is 16.6. The van der Waals surface area contributed by atoms with E-state index in [1.807, 2.05) is 6.08 Å². The van der Waals surface area contributed by atoms with Gasteiger partial charge in [-0.15, -0.1) is 0 Å². The van der Waals surface area contributed by atoms with Crippen molar-refractivity contribution < 1.29 is 23.9 Å². The minimum Gasteiger partial charge on any atom is -0.468 e. The summed E-state index contributed by atoms with van der Waals surface area (Å²) in [6.45, 7) is 9.15. The van der Waals surface area contributed by atoms with Gasteiger partial charge in [0.25, 0.3) is 0 Å². The second kappa shape index (κ2) is 8.45. The van der Waals surface area contributed by atoms with Crippen LogP contribution in [-0.4, -0.2) is 31.9 Å². The molecule has 190 valence electrons. The lowest BCUT2D eigenvalue weighted by molar-refractivity contribution is -0.168. The zero-order valence-corrected chi connectivity index (χ0v) is 21.8. The average molecular weight is 481 g/mol. The van der Waals surface area contributed by atoms with E-state index in [0.717, 1.165) is 30.4 Å². The van der Waals surface area contributed by atoms with Crippen LogP contribution in [-0.2, 0) is 23.9 Å². The van der Waals surface area contributed by atoms with E-state index in [-0.39, 0.29) is 17.3 Å². The van der Waals surface area contributed by atoms with Gasteiger partial charge < -0.3 is 9.47 Å². The third-order valence-corrected chi connectivity index (χ3v) is 11.1. The van der Waals surface area contributed by atoms with Gasteiger partial charge in [-0.1, -0.05) is 37.6 Å². The third kappa shape index (κ3) is 3.51. The van der Waals surface area contributed by atoms with E-state index >= 15 is 0 Å². The first kappa shape index (κ1) is 24.5. The zero-order chi connectivity index (χ0) is 25.2. The van der Waals surface area contributed by atoms with Crippen molar-refractivity contribution in [3.63, 3.8) is 0 Å². The summed E-state index contributed by atoms with van der Waals surface area (Å²) in [6, 6.07) is 0. The Morgan fingerprint density at radius 2 is 1.69 bits per heavy atom. The van der Waals surface area contributed by atoms with Crippen molar-refractivity contribution in [2.75, 3.05) is 14.2 Å². The van der Waals surface area contributed by atoms with E-state index < -0.39 is 17.4 Å². The van der Waals surface area contributed by atoms with Crippen LogP contribution >= 0.6 is 0 Å². The Hall–Kier alpha value is -2.17. The Morgan fingerprint density at radius 3 is 2.37 bits per heavy atom. The molecule has 5 nitrogen and oxygen atoms in total. The molecule has 0 aromatic rings. The molecule has 0 N–H and O–H groups in total. The summed E-state index contributed by atoms with van der Waals surface area (Å²) in [5.41, 5.74) is 2.41. The maximum atomic E-state index is 12.7. The summed E-state index contributed by atoms with van der Waals surface area (Å²) < 4.78 is 10.0. The lowest BCUT2D eigenvalue weighted by atomic mass is 9.47. The maximum Gasteiger partial charge on any atom is 0.323 e. The van der Waals surface area contributed by atoms with Crippen molar-refractivity contribution in [3.05, 3.63) is 35.5 Å². The number of allylic oxidation sites excluding steroid dienone is 4. The molecule has 5 aliphatic carbocycles. The first-order valence-electron chi connectivity index (χ1n) is 13.4. The molecule has 0 radical (unpaired) electrons. The van der Waals surface area contributed by atoms with Gasteiger partial charge in [-0.2, -0.15) is 0 Å². The molecule has 6 atom stereocenters. The summed E-state index contributed by atoms with van der Waals surface area (Å²) in [4.78, 5) is 37.4. The predicted octanol–water partition coefficient (Wildman–Crippen LogP) is 5.74. The number of fused-ring (bicyclic) bond motifs is 5. The van der Waals surface area contributed by atoms with Gasteiger partial charge in [0.05, 0.1) is 14.2 Å². The highest BCUT2D eigenvalue weighted by Crippen LogP contribution is 2.67. The van der Waals surface area contributed by atoms with Crippen LogP contribution in [0.25, 0.3) is 0 Å². The van der Waals surface area contributed by atoms with Gasteiger partial charge in [0, 0.05) is 6.42 Å². The molecule has 0 heterocycles. The maximum absolute atomic E-state index is 12.7. The highest BCUT2D eigenvalue weighted by atomic mass is 16.5. The molecule has 4 fully saturated rings. The van der Waals surface area contributed by atoms with Crippen LogP contribution in [0, 0.1) is 39.9 Å². The summed E-state index contributed by atoms with van der Waals surface area (Å²) in [5, 5.41) is 0. The van der Waals surface area contributed by atoms with Crippen molar-refractivity contribution in [1.82, 2.24) is 0 Å². The van der Waals surface area contributed by atoms with Crippen LogP contribution in [0.2, 0.25) is 0 Å². The van der Waals surface area contributed by atoms with Crippen molar-refractivity contribution >= 4 is 17.7 Å². The molecule has 0 bridgehead atoms. The quantitative estimate of drug-likeness (QED) is 0.380. The van der Waals surface area contributed by atoms with Gasteiger partial charge in [-0.05, 0) is 104 Å². The van der Waals surface area contributed by atoms with Gasteiger partial charge in [0.15, 0.2) is 11.2 Å². The standard InChI is InChI=1S/C30H40O5/c1-18-16-30(26(32)34-4,27(33)35-5)17-19(18)14-20-7-9-24-23-8-6-21-15-22(31)10-12-28(21,2)25(23)11-13-29(20,24)3/h14-15,20,23-25H,1,6-13,16-17H2,2-5H3/b19-14+/t20-,23?,24?,25?,28+,29+/m1/s1. The smallest absolute Gasteiger partial charge is 0.323 e. The van der Waals surface area contributed by atoms with Crippen LogP contribution in [0.15, 0.2) is 35.5 Å². The molecule has 5 aliphatic rings. The molecule has 5 rings (SSSR count). The topological polar surface area (TPSA) is 69.7 Å². The van der Waals surface area contributed by atoms with E-state index in [2.05, 4.69) is 26.5 Å². The summed E-state index contributed by atoms with van der Waals surface area (Å²) >= 11 is 0. The van der Waals surface area contributed by atoms with Crippen molar-refractivity contribution in [2.24, 2.45) is 39.9 Å². The molecule has 0 aliphatic heterocycles. The van der Waals surface area contributed by atoms with E-state index in [0.29, 0.717) is 42.3 Å². The molecule has 0 spiro atoms. The first-order valence-corrected chi connectivity index (χ1v) is 13.4. The number of hydrogen-bond acceptors (Lipinski definition) is 5. The molecule has 35 heavy (non-hydrogen) atoms. The third-order valence-electron chi connectivity index (χ3n) is 11.1. The van der Waals surface area contributed by atoms with Gasteiger partial charge >= 0.3 is 11.9 Å². The molecule has 0 aromatic carbocycles. The lowest BCUT2D eigenvalue weighted by Crippen LogP contribution is -2.50. The molecule has 3 unspecified atom stereocenters. The SMILES string of the molecule is C=C1CC(C(=O)OC)(C(=O)OC)C/C1=C\[C@H]1CCC2C3CCC4=CC(=O)CC[C@]4(C)C3CC[C@]21C. The van der Waals surface area contributed by atoms with E-state index in [1.165, 1.54) is 45.5 Å². The number of rotatable bonds is 3. The van der Waals surface area contributed by atoms with E-state index in [1.54, 1.807) is 0 Å². The number of ketones is 1. The molecule has 0 amide bonds. The summed E-state index contributed by atoms with van der Waals surface area (Å²) in [6.07, 6.45) is 13.7. The zero-order valence-electron chi connectivity index (χ0n) is 21.8. The van der Waals surface area contributed by atoms with Gasteiger partial charge in [-0.3, -0.25) is 14.4 Å². The average Bonchev–Trinajstić information content (AvgIpc) is 3.36. The predicted molar refractivity (Wildman–Crippen MR) is 133 cm³/mol. The minimum atomic E-state index is -1.30. The molecule has 0 aromatic heterocycles. The minimum absolute atomic E-state index is 0.190. The molecular formula is C30H40O5. The molecule has 4 saturated carbocycles. The second-order valence-electron chi connectivity index (χ2n) is 12.4. The van der Waals surface area contributed by atoms with Crippen molar-refractivity contribution in [2.45, 2.75) is 78.1 Å². The highest BCUT2D eigenvalue weighted by molar-refractivity contribution is 6.02.